The second-order valence-corrected chi connectivity index (χ2v) is 8.75. The Kier molecular flexibility index (Phi) is 9.55. The largest absolute Gasteiger partial charge is 0.352 e. The fraction of sp³-hybridized carbons (Fsp3) is 0.391. The topological polar surface area (TPSA) is 49.4 Å². The van der Waals surface area contributed by atoms with Gasteiger partial charge in [-0.15, -0.1) is 0 Å². The van der Waals surface area contributed by atoms with Gasteiger partial charge in [0.25, 0.3) is 0 Å². The molecule has 0 saturated heterocycles. The van der Waals surface area contributed by atoms with Crippen LogP contribution >= 0.6 is 23.4 Å². The molecule has 0 bridgehead atoms. The third kappa shape index (κ3) is 7.75. The quantitative estimate of drug-likeness (QED) is 0.543. The van der Waals surface area contributed by atoms with Gasteiger partial charge < -0.3 is 10.2 Å². The van der Waals surface area contributed by atoms with Crippen molar-refractivity contribution in [2.45, 2.75) is 51.6 Å². The minimum Gasteiger partial charge on any atom is -0.352 e. The zero-order valence-corrected chi connectivity index (χ0v) is 18.8. The minimum atomic E-state index is -0.569. The lowest BCUT2D eigenvalue weighted by Gasteiger charge is -2.29. The highest BCUT2D eigenvalue weighted by Crippen LogP contribution is 2.20. The van der Waals surface area contributed by atoms with Gasteiger partial charge in [-0.3, -0.25) is 9.59 Å². The van der Waals surface area contributed by atoms with Crippen LogP contribution in [0.3, 0.4) is 0 Å². The molecule has 6 heteroatoms. The van der Waals surface area contributed by atoms with Gasteiger partial charge >= 0.3 is 0 Å². The van der Waals surface area contributed by atoms with Crippen molar-refractivity contribution in [2.75, 3.05) is 5.75 Å². The molecule has 0 spiro atoms. The van der Waals surface area contributed by atoms with Gasteiger partial charge in [-0.05, 0) is 38.0 Å². The summed E-state index contributed by atoms with van der Waals surface area (Å²) in [4.78, 5) is 27.2. The van der Waals surface area contributed by atoms with E-state index in [0.29, 0.717) is 23.7 Å². The van der Waals surface area contributed by atoms with Crippen LogP contribution in [0, 0.1) is 0 Å². The summed E-state index contributed by atoms with van der Waals surface area (Å²) in [6.07, 6.45) is 0.376. The molecule has 1 atom stereocenters. The van der Waals surface area contributed by atoms with Gasteiger partial charge in [-0.2, -0.15) is 11.8 Å². The number of nitrogens with zero attached hydrogens (tertiary/aromatic N) is 1. The van der Waals surface area contributed by atoms with Crippen LogP contribution in [-0.4, -0.2) is 34.6 Å². The molecule has 29 heavy (non-hydrogen) atoms. The lowest BCUT2D eigenvalue weighted by molar-refractivity contribution is -0.140. The van der Waals surface area contributed by atoms with Crippen LogP contribution < -0.4 is 5.32 Å². The summed E-state index contributed by atoms with van der Waals surface area (Å²) in [6, 6.07) is 17.1. The molecule has 156 valence electrons. The van der Waals surface area contributed by atoms with Crippen molar-refractivity contribution in [3.05, 3.63) is 70.7 Å². The molecular formula is C23H29ClN2O2S. The second-order valence-electron chi connectivity index (χ2n) is 7.24. The number of carbonyl (C=O) groups excluding carboxylic acids is 2. The monoisotopic (exact) mass is 432 g/mol. The SMILES string of the molecule is CC(C)NC(=O)[C@@H](C)N(Cc1ccccc1Cl)C(=O)CCSCc1ccccc1. The summed E-state index contributed by atoms with van der Waals surface area (Å²) in [5.74, 6) is 1.36. The molecule has 0 aliphatic carbocycles. The number of carbonyl (C=O) groups is 2. The van der Waals surface area contributed by atoms with Gasteiger partial charge in [0.05, 0.1) is 0 Å². The number of hydrogen-bond donors (Lipinski definition) is 1. The minimum absolute atomic E-state index is 0.0173. The molecule has 0 aliphatic rings. The third-order valence-corrected chi connectivity index (χ3v) is 5.87. The number of thioether (sulfide) groups is 1. The maximum absolute atomic E-state index is 13.0. The van der Waals surface area contributed by atoms with Crippen molar-refractivity contribution in [3.8, 4) is 0 Å². The van der Waals surface area contributed by atoms with Crippen molar-refractivity contribution in [2.24, 2.45) is 0 Å². The van der Waals surface area contributed by atoms with E-state index >= 15 is 0 Å². The number of hydrogen-bond acceptors (Lipinski definition) is 3. The van der Waals surface area contributed by atoms with E-state index in [2.05, 4.69) is 17.4 Å². The normalized spacial score (nSPS) is 11.9. The van der Waals surface area contributed by atoms with Crippen LogP contribution in [0.25, 0.3) is 0 Å². The average Bonchev–Trinajstić information content (AvgIpc) is 2.70. The summed E-state index contributed by atoms with van der Waals surface area (Å²) < 4.78 is 0. The first-order valence-electron chi connectivity index (χ1n) is 9.83. The Morgan fingerprint density at radius 3 is 2.34 bits per heavy atom. The summed E-state index contributed by atoms with van der Waals surface area (Å²) in [5.41, 5.74) is 2.08. The number of halogens is 1. The van der Waals surface area contributed by atoms with Crippen molar-refractivity contribution in [3.63, 3.8) is 0 Å². The predicted octanol–water partition coefficient (Wildman–Crippen LogP) is 4.91. The summed E-state index contributed by atoms with van der Waals surface area (Å²) >= 11 is 8.01. The van der Waals surface area contributed by atoms with E-state index in [1.165, 1.54) is 5.56 Å². The standard InChI is InChI=1S/C23H29ClN2O2S/c1-17(2)25-23(28)18(3)26(15-20-11-7-8-12-21(20)24)22(27)13-14-29-16-19-9-5-4-6-10-19/h4-12,17-18H,13-16H2,1-3H3,(H,25,28)/t18-/m1/s1. The van der Waals surface area contributed by atoms with Crippen LogP contribution in [0.4, 0.5) is 0 Å². The number of amides is 2. The van der Waals surface area contributed by atoms with Crippen molar-refractivity contribution in [1.29, 1.82) is 0 Å². The molecule has 4 nitrogen and oxygen atoms in total. The lowest BCUT2D eigenvalue weighted by atomic mass is 10.1. The Balaban J connectivity index is 2.01. The highest BCUT2D eigenvalue weighted by Gasteiger charge is 2.26. The van der Waals surface area contributed by atoms with Crippen molar-refractivity contribution in [1.82, 2.24) is 10.2 Å². The lowest BCUT2D eigenvalue weighted by Crippen LogP contribution is -2.49. The van der Waals surface area contributed by atoms with E-state index < -0.39 is 6.04 Å². The van der Waals surface area contributed by atoms with Crippen LogP contribution in [0.5, 0.6) is 0 Å². The molecule has 0 fully saturated rings. The molecule has 1 N–H and O–H groups in total. The number of nitrogens with one attached hydrogen (secondary N) is 1. The van der Waals surface area contributed by atoms with E-state index in [4.69, 9.17) is 11.6 Å². The van der Waals surface area contributed by atoms with Gasteiger partial charge in [0, 0.05) is 35.5 Å². The van der Waals surface area contributed by atoms with Crippen LogP contribution in [0.1, 0.15) is 38.3 Å². The average molecular weight is 433 g/mol. The van der Waals surface area contributed by atoms with Crippen molar-refractivity contribution >= 4 is 35.2 Å². The van der Waals surface area contributed by atoms with E-state index in [0.717, 1.165) is 11.3 Å². The molecule has 2 amide bonds. The van der Waals surface area contributed by atoms with Gasteiger partial charge in [0.15, 0.2) is 0 Å². The molecular weight excluding hydrogens is 404 g/mol. The molecule has 0 radical (unpaired) electrons. The maximum atomic E-state index is 13.0. The Morgan fingerprint density at radius 1 is 1.03 bits per heavy atom. The van der Waals surface area contributed by atoms with E-state index in [1.54, 1.807) is 29.7 Å². The fourth-order valence-electron chi connectivity index (χ4n) is 2.87. The Bertz CT molecular complexity index is 798. The van der Waals surface area contributed by atoms with Gasteiger partial charge in [-0.1, -0.05) is 60.1 Å². The first-order chi connectivity index (χ1) is 13.9. The van der Waals surface area contributed by atoms with Gasteiger partial charge in [-0.25, -0.2) is 0 Å². The Labute approximate surface area is 183 Å². The van der Waals surface area contributed by atoms with Gasteiger partial charge in [0.1, 0.15) is 6.04 Å². The molecule has 2 aromatic rings. The molecule has 0 aliphatic heterocycles. The zero-order chi connectivity index (χ0) is 21.2. The fourth-order valence-corrected chi connectivity index (χ4v) is 3.95. The van der Waals surface area contributed by atoms with Crippen LogP contribution in [0.2, 0.25) is 5.02 Å². The Hall–Kier alpha value is -1.98. The highest BCUT2D eigenvalue weighted by atomic mass is 35.5. The molecule has 0 aromatic heterocycles. The third-order valence-electron chi connectivity index (χ3n) is 4.47. The molecule has 0 saturated carbocycles. The van der Waals surface area contributed by atoms with E-state index in [-0.39, 0.29) is 17.9 Å². The highest BCUT2D eigenvalue weighted by molar-refractivity contribution is 7.98. The summed E-state index contributed by atoms with van der Waals surface area (Å²) in [5, 5.41) is 3.49. The summed E-state index contributed by atoms with van der Waals surface area (Å²) in [6.45, 7) is 5.90. The van der Waals surface area contributed by atoms with Crippen LogP contribution in [-0.2, 0) is 21.9 Å². The first-order valence-corrected chi connectivity index (χ1v) is 11.4. The molecule has 2 aromatic carbocycles. The van der Waals surface area contributed by atoms with E-state index in [9.17, 15) is 9.59 Å². The molecule has 2 rings (SSSR count). The number of rotatable bonds is 10. The number of benzene rings is 2. The first kappa shape index (κ1) is 23.3. The second kappa shape index (κ2) is 11.9. The zero-order valence-electron chi connectivity index (χ0n) is 17.2. The van der Waals surface area contributed by atoms with Crippen molar-refractivity contribution < 1.29 is 9.59 Å². The van der Waals surface area contributed by atoms with Gasteiger partial charge in [0.2, 0.25) is 11.8 Å². The molecule has 0 heterocycles. The smallest absolute Gasteiger partial charge is 0.242 e. The Morgan fingerprint density at radius 2 is 1.69 bits per heavy atom. The van der Waals surface area contributed by atoms with Crippen LogP contribution in [0.15, 0.2) is 54.6 Å². The predicted molar refractivity (Wildman–Crippen MR) is 122 cm³/mol. The maximum Gasteiger partial charge on any atom is 0.242 e. The molecule has 0 unspecified atom stereocenters. The summed E-state index contributed by atoms with van der Waals surface area (Å²) in [7, 11) is 0. The van der Waals surface area contributed by atoms with E-state index in [1.807, 2.05) is 50.2 Å².